The number of allylic oxidation sites excluding steroid dienone is 2. The van der Waals surface area contributed by atoms with Crippen molar-refractivity contribution in [1.82, 2.24) is 4.90 Å². The molecule has 1 aliphatic carbocycles. The minimum atomic E-state index is -0.212. The maximum absolute atomic E-state index is 11.4. The molecule has 0 aromatic carbocycles. The summed E-state index contributed by atoms with van der Waals surface area (Å²) in [6.45, 7) is 1.88. The Morgan fingerprint density at radius 1 is 1.14 bits per heavy atom. The number of amides is 2. The minimum absolute atomic E-state index is 0.0972. The summed E-state index contributed by atoms with van der Waals surface area (Å²) in [5.74, 6) is -0.268. The van der Waals surface area contributed by atoms with Crippen LogP contribution in [-0.2, 0) is 9.59 Å². The number of hydrogen-bond donors (Lipinski definition) is 0. The average molecular weight is 189 g/mol. The molecule has 0 aromatic rings. The van der Waals surface area contributed by atoms with E-state index in [1.165, 1.54) is 17.1 Å². The van der Waals surface area contributed by atoms with Crippen molar-refractivity contribution in [1.29, 1.82) is 0 Å². The molecular weight excluding hydrogens is 178 g/mol. The van der Waals surface area contributed by atoms with Crippen molar-refractivity contribution < 1.29 is 9.59 Å². The zero-order valence-corrected chi connectivity index (χ0v) is 7.88. The number of hydrogen-bond acceptors (Lipinski definition) is 2. The number of carbonyl (C=O) groups excluding carboxylic acids is 2. The van der Waals surface area contributed by atoms with E-state index in [2.05, 4.69) is 0 Å². The van der Waals surface area contributed by atoms with Crippen LogP contribution in [0.1, 0.15) is 6.92 Å². The zero-order valence-electron chi connectivity index (χ0n) is 7.88. The molecule has 2 rings (SSSR count). The molecule has 0 bridgehead atoms. The summed E-state index contributed by atoms with van der Waals surface area (Å²) >= 11 is 0. The predicted octanol–water partition coefficient (Wildman–Crippen LogP) is 1.04. The second kappa shape index (κ2) is 3.25. The molecule has 1 aliphatic heterocycles. The van der Waals surface area contributed by atoms with Crippen molar-refractivity contribution in [3.8, 4) is 0 Å². The van der Waals surface area contributed by atoms with Crippen molar-refractivity contribution in [2.45, 2.75) is 13.0 Å². The fourth-order valence-electron chi connectivity index (χ4n) is 1.76. The number of imide groups is 1. The first-order valence-corrected chi connectivity index (χ1v) is 4.60. The van der Waals surface area contributed by atoms with Gasteiger partial charge >= 0.3 is 0 Å². The van der Waals surface area contributed by atoms with Crippen LogP contribution in [0, 0.1) is 5.92 Å². The third kappa shape index (κ3) is 1.31. The summed E-state index contributed by atoms with van der Waals surface area (Å²) in [7, 11) is 0. The van der Waals surface area contributed by atoms with Gasteiger partial charge in [-0.2, -0.15) is 0 Å². The van der Waals surface area contributed by atoms with E-state index in [0.717, 1.165) is 0 Å². The standard InChI is InChI=1S/C11H11NO2/c1-8(9-4-2-3-5-9)12-10(13)6-7-11(12)14/h2-9H,1H3. The Hall–Kier alpha value is -1.64. The van der Waals surface area contributed by atoms with Crippen LogP contribution in [0.15, 0.2) is 36.5 Å². The van der Waals surface area contributed by atoms with Gasteiger partial charge in [0.1, 0.15) is 0 Å². The Morgan fingerprint density at radius 3 is 2.14 bits per heavy atom. The zero-order chi connectivity index (χ0) is 10.1. The molecule has 0 aromatic heterocycles. The first kappa shape index (κ1) is 8.94. The van der Waals surface area contributed by atoms with E-state index in [9.17, 15) is 9.59 Å². The lowest BCUT2D eigenvalue weighted by molar-refractivity contribution is -0.139. The highest BCUT2D eigenvalue weighted by Crippen LogP contribution is 2.21. The van der Waals surface area contributed by atoms with E-state index in [-0.39, 0.29) is 23.8 Å². The molecule has 2 amide bonds. The monoisotopic (exact) mass is 189 g/mol. The van der Waals surface area contributed by atoms with Crippen LogP contribution in [0.4, 0.5) is 0 Å². The first-order chi connectivity index (χ1) is 6.70. The smallest absolute Gasteiger partial charge is 0.253 e. The third-order valence-electron chi connectivity index (χ3n) is 2.59. The van der Waals surface area contributed by atoms with Crippen molar-refractivity contribution in [3.05, 3.63) is 36.5 Å². The van der Waals surface area contributed by atoms with Gasteiger partial charge in [-0.05, 0) is 6.92 Å². The van der Waals surface area contributed by atoms with Gasteiger partial charge in [0.25, 0.3) is 11.8 Å². The van der Waals surface area contributed by atoms with Crippen LogP contribution >= 0.6 is 0 Å². The largest absolute Gasteiger partial charge is 0.272 e. The number of carbonyl (C=O) groups is 2. The Kier molecular flexibility index (Phi) is 2.08. The Balaban J connectivity index is 2.15. The fraction of sp³-hybridized carbons (Fsp3) is 0.273. The summed E-state index contributed by atoms with van der Waals surface area (Å²) in [6.07, 6.45) is 10.5. The molecule has 1 atom stereocenters. The molecule has 0 spiro atoms. The molecule has 72 valence electrons. The van der Waals surface area contributed by atoms with Gasteiger partial charge in [0.2, 0.25) is 0 Å². The lowest BCUT2D eigenvalue weighted by Gasteiger charge is -2.25. The minimum Gasteiger partial charge on any atom is -0.272 e. The van der Waals surface area contributed by atoms with Crippen LogP contribution < -0.4 is 0 Å². The van der Waals surface area contributed by atoms with Gasteiger partial charge in [-0.3, -0.25) is 14.5 Å². The first-order valence-electron chi connectivity index (χ1n) is 4.60. The van der Waals surface area contributed by atoms with Crippen molar-refractivity contribution in [3.63, 3.8) is 0 Å². The molecule has 1 heterocycles. The highest BCUT2D eigenvalue weighted by atomic mass is 16.2. The van der Waals surface area contributed by atoms with E-state index >= 15 is 0 Å². The summed E-state index contributed by atoms with van der Waals surface area (Å²) in [5, 5.41) is 0. The lowest BCUT2D eigenvalue weighted by Crippen LogP contribution is -2.41. The van der Waals surface area contributed by atoms with E-state index < -0.39 is 0 Å². The fourth-order valence-corrected chi connectivity index (χ4v) is 1.76. The highest BCUT2D eigenvalue weighted by Gasteiger charge is 2.31. The third-order valence-corrected chi connectivity index (χ3v) is 2.59. The van der Waals surface area contributed by atoms with E-state index in [4.69, 9.17) is 0 Å². The molecule has 0 saturated heterocycles. The molecular formula is C11H11NO2. The molecule has 0 radical (unpaired) electrons. The summed E-state index contributed by atoms with van der Waals surface area (Å²) in [6, 6.07) is -0.0972. The van der Waals surface area contributed by atoms with Gasteiger partial charge in [-0.1, -0.05) is 24.3 Å². The topological polar surface area (TPSA) is 37.4 Å². The molecule has 1 unspecified atom stereocenters. The van der Waals surface area contributed by atoms with Crippen LogP contribution in [0.25, 0.3) is 0 Å². The average Bonchev–Trinajstić information content (AvgIpc) is 2.75. The Bertz CT molecular complexity index is 335. The van der Waals surface area contributed by atoms with Gasteiger partial charge in [0.15, 0.2) is 0 Å². The molecule has 14 heavy (non-hydrogen) atoms. The highest BCUT2D eigenvalue weighted by molar-refractivity contribution is 6.13. The maximum atomic E-state index is 11.4. The lowest BCUT2D eigenvalue weighted by atomic mass is 10.0. The SMILES string of the molecule is CC(C1C=CC=C1)N1C(=O)C=CC1=O. The van der Waals surface area contributed by atoms with Crippen molar-refractivity contribution >= 4 is 11.8 Å². The van der Waals surface area contributed by atoms with E-state index in [0.29, 0.717) is 0 Å². The summed E-state index contributed by atoms with van der Waals surface area (Å²) in [4.78, 5) is 24.0. The van der Waals surface area contributed by atoms with E-state index in [1.807, 2.05) is 31.2 Å². The van der Waals surface area contributed by atoms with E-state index in [1.54, 1.807) is 0 Å². The van der Waals surface area contributed by atoms with Gasteiger partial charge in [0.05, 0.1) is 0 Å². The van der Waals surface area contributed by atoms with Crippen LogP contribution in [0.3, 0.4) is 0 Å². The van der Waals surface area contributed by atoms with Crippen LogP contribution in [-0.4, -0.2) is 22.8 Å². The predicted molar refractivity (Wildman–Crippen MR) is 52.2 cm³/mol. The second-order valence-electron chi connectivity index (χ2n) is 3.47. The van der Waals surface area contributed by atoms with Gasteiger partial charge in [0, 0.05) is 24.1 Å². The van der Waals surface area contributed by atoms with Crippen LogP contribution in [0.2, 0.25) is 0 Å². The summed E-state index contributed by atoms with van der Waals surface area (Å²) < 4.78 is 0. The Labute approximate surface area is 82.4 Å². The van der Waals surface area contributed by atoms with Crippen molar-refractivity contribution in [2.24, 2.45) is 5.92 Å². The molecule has 3 nitrogen and oxygen atoms in total. The van der Waals surface area contributed by atoms with Gasteiger partial charge in [-0.15, -0.1) is 0 Å². The summed E-state index contributed by atoms with van der Waals surface area (Å²) in [5.41, 5.74) is 0. The number of nitrogens with zero attached hydrogens (tertiary/aromatic N) is 1. The normalized spacial score (nSPS) is 22.8. The molecule has 0 fully saturated rings. The van der Waals surface area contributed by atoms with Crippen molar-refractivity contribution in [2.75, 3.05) is 0 Å². The molecule has 0 N–H and O–H groups in total. The quantitative estimate of drug-likeness (QED) is 0.609. The van der Waals surface area contributed by atoms with Gasteiger partial charge < -0.3 is 0 Å². The molecule has 3 heteroatoms. The molecule has 2 aliphatic rings. The van der Waals surface area contributed by atoms with Crippen LogP contribution in [0.5, 0.6) is 0 Å². The second-order valence-corrected chi connectivity index (χ2v) is 3.47. The molecule has 0 saturated carbocycles. The Morgan fingerprint density at radius 2 is 1.64 bits per heavy atom. The maximum Gasteiger partial charge on any atom is 0.253 e. The number of rotatable bonds is 2. The van der Waals surface area contributed by atoms with Gasteiger partial charge in [-0.25, -0.2) is 0 Å².